The normalized spacial score (nSPS) is 14.4. The lowest BCUT2D eigenvalue weighted by molar-refractivity contribution is -0.127. The first kappa shape index (κ1) is 26.4. The van der Waals surface area contributed by atoms with Gasteiger partial charge in [-0.3, -0.25) is 4.79 Å². The van der Waals surface area contributed by atoms with E-state index in [9.17, 15) is 9.90 Å². The second-order valence-corrected chi connectivity index (χ2v) is 9.24. The number of aryl methyl sites for hydroxylation is 1. The number of nitrogens with zero attached hydrogens (tertiary/aromatic N) is 4. The Morgan fingerprint density at radius 3 is 2.66 bits per heavy atom. The van der Waals surface area contributed by atoms with Crippen molar-refractivity contribution < 1.29 is 14.6 Å². The van der Waals surface area contributed by atoms with Gasteiger partial charge >= 0.3 is 0 Å². The minimum atomic E-state index is -0.339. The maximum atomic E-state index is 13.3. The van der Waals surface area contributed by atoms with E-state index in [1.807, 2.05) is 51.1 Å². The van der Waals surface area contributed by atoms with Crippen LogP contribution in [0.5, 0.6) is 11.5 Å². The van der Waals surface area contributed by atoms with Crippen LogP contribution in [0.1, 0.15) is 60.3 Å². The Labute approximate surface area is 222 Å². The molecule has 0 saturated heterocycles. The monoisotopic (exact) mass is 512 g/mol. The predicted molar refractivity (Wildman–Crippen MR) is 150 cm³/mol. The smallest absolute Gasteiger partial charge is 0.267 e. The molecule has 1 aliphatic heterocycles. The number of fused-ring (bicyclic) bond motifs is 1. The van der Waals surface area contributed by atoms with E-state index in [0.717, 1.165) is 33.5 Å². The molecular formula is C29H32N6O3. The number of aromatic nitrogens is 2. The lowest BCUT2D eigenvalue weighted by atomic mass is 9.97. The number of hydrogen-bond donors (Lipinski definition) is 3. The number of benzene rings is 2. The van der Waals surface area contributed by atoms with Gasteiger partial charge in [0.25, 0.3) is 5.91 Å². The van der Waals surface area contributed by atoms with Gasteiger partial charge in [0.15, 0.2) is 11.5 Å². The Balaban J connectivity index is 1.66. The molecule has 196 valence electrons. The number of hydrazone groups is 1. The standard InChI is InChI=1S/C29H32N6O3/c1-5-23-22(28(30)34-29(31)33-23)14-18-13-19(27(37)25(15-18)38-4)10-11-26(36)35-24(12-17(2)3)21-9-7-6-8-20(21)16-32-35/h6-13,15-16,24,37H,5,14H2,1-4H3,(H4,30,31,33,34)/b11-10+. The van der Waals surface area contributed by atoms with E-state index in [0.29, 0.717) is 24.2 Å². The lowest BCUT2D eigenvalue weighted by Gasteiger charge is -2.29. The number of carbonyl (C=O) groups is 1. The van der Waals surface area contributed by atoms with E-state index in [1.54, 1.807) is 24.4 Å². The number of rotatable bonds is 7. The average Bonchev–Trinajstić information content (AvgIpc) is 2.89. The first-order valence-corrected chi connectivity index (χ1v) is 12.3. The summed E-state index contributed by atoms with van der Waals surface area (Å²) < 4.78 is 5.40. The van der Waals surface area contributed by atoms with Crippen LogP contribution in [0.4, 0.5) is 11.8 Å². The van der Waals surface area contributed by atoms with Crippen molar-refractivity contribution in [3.8, 4) is 11.5 Å². The molecular weight excluding hydrogens is 480 g/mol. The van der Waals surface area contributed by atoms with E-state index < -0.39 is 0 Å². The molecule has 1 aliphatic rings. The number of phenols is 1. The summed E-state index contributed by atoms with van der Waals surface area (Å²) in [4.78, 5) is 21.7. The summed E-state index contributed by atoms with van der Waals surface area (Å²) in [5.74, 6) is 0.303. The SMILES string of the molecule is CCc1nc(N)nc(N)c1Cc1cc(/C=C/C(=O)N2N=Cc3ccccc3C2C=C(C)C)c(O)c(OC)c1. The van der Waals surface area contributed by atoms with Crippen LogP contribution in [0.25, 0.3) is 6.08 Å². The van der Waals surface area contributed by atoms with Crippen molar-refractivity contribution in [3.05, 3.63) is 87.6 Å². The van der Waals surface area contributed by atoms with Gasteiger partial charge in [-0.05, 0) is 49.6 Å². The summed E-state index contributed by atoms with van der Waals surface area (Å²) in [6.07, 6.45) is 7.68. The van der Waals surface area contributed by atoms with Crippen LogP contribution in [0.3, 0.4) is 0 Å². The fraction of sp³-hybridized carbons (Fsp3) is 0.241. The zero-order chi connectivity index (χ0) is 27.4. The van der Waals surface area contributed by atoms with Gasteiger partial charge in [0.05, 0.1) is 25.1 Å². The van der Waals surface area contributed by atoms with Crippen LogP contribution >= 0.6 is 0 Å². The summed E-state index contributed by atoms with van der Waals surface area (Å²) in [5, 5.41) is 16.6. The molecule has 0 saturated carbocycles. The first-order chi connectivity index (χ1) is 18.2. The van der Waals surface area contributed by atoms with Crippen LogP contribution in [0.15, 0.2) is 59.2 Å². The second-order valence-electron chi connectivity index (χ2n) is 9.24. The quantitative estimate of drug-likeness (QED) is 0.315. The minimum absolute atomic E-state index is 0.0779. The molecule has 0 bridgehead atoms. The number of ether oxygens (including phenoxy) is 1. The third-order valence-corrected chi connectivity index (χ3v) is 6.26. The molecule has 2 heterocycles. The summed E-state index contributed by atoms with van der Waals surface area (Å²) in [6.45, 7) is 5.93. The van der Waals surface area contributed by atoms with Crippen molar-refractivity contribution in [2.75, 3.05) is 18.6 Å². The molecule has 1 aromatic heterocycles. The largest absolute Gasteiger partial charge is 0.504 e. The molecule has 0 radical (unpaired) electrons. The highest BCUT2D eigenvalue weighted by atomic mass is 16.5. The number of anilines is 2. The summed E-state index contributed by atoms with van der Waals surface area (Å²) >= 11 is 0. The second kappa shape index (κ2) is 11.2. The topological polar surface area (TPSA) is 140 Å². The van der Waals surface area contributed by atoms with Gasteiger partial charge in [-0.1, -0.05) is 42.8 Å². The fourth-order valence-electron chi connectivity index (χ4n) is 4.47. The third kappa shape index (κ3) is 5.51. The Morgan fingerprint density at radius 1 is 1.18 bits per heavy atom. The minimum Gasteiger partial charge on any atom is -0.504 e. The molecule has 1 atom stereocenters. The zero-order valence-electron chi connectivity index (χ0n) is 22.0. The highest BCUT2D eigenvalue weighted by molar-refractivity contribution is 5.95. The molecule has 38 heavy (non-hydrogen) atoms. The highest BCUT2D eigenvalue weighted by Crippen LogP contribution is 2.35. The van der Waals surface area contributed by atoms with Crippen molar-refractivity contribution in [1.29, 1.82) is 0 Å². The van der Waals surface area contributed by atoms with Gasteiger partial charge in [0.1, 0.15) is 5.82 Å². The van der Waals surface area contributed by atoms with Gasteiger partial charge in [-0.15, -0.1) is 0 Å². The molecule has 5 N–H and O–H groups in total. The van der Waals surface area contributed by atoms with Crippen LogP contribution in [-0.2, 0) is 17.6 Å². The molecule has 3 aromatic rings. The van der Waals surface area contributed by atoms with E-state index >= 15 is 0 Å². The Hall–Kier alpha value is -4.66. The van der Waals surface area contributed by atoms with E-state index in [1.165, 1.54) is 18.2 Å². The molecule has 0 aliphatic carbocycles. The number of methoxy groups -OCH3 is 1. The number of allylic oxidation sites excluding steroid dienone is 1. The van der Waals surface area contributed by atoms with Crippen molar-refractivity contribution in [2.24, 2.45) is 5.10 Å². The van der Waals surface area contributed by atoms with Gasteiger partial charge in [-0.25, -0.2) is 9.99 Å². The third-order valence-electron chi connectivity index (χ3n) is 6.26. The van der Waals surface area contributed by atoms with Crippen molar-refractivity contribution in [1.82, 2.24) is 15.0 Å². The maximum absolute atomic E-state index is 13.3. The van der Waals surface area contributed by atoms with Crippen LogP contribution < -0.4 is 16.2 Å². The number of nitrogen functional groups attached to an aromatic ring is 2. The van der Waals surface area contributed by atoms with Crippen molar-refractivity contribution in [3.63, 3.8) is 0 Å². The van der Waals surface area contributed by atoms with Gasteiger partial charge in [-0.2, -0.15) is 10.1 Å². The van der Waals surface area contributed by atoms with Crippen molar-refractivity contribution >= 4 is 30.0 Å². The Morgan fingerprint density at radius 2 is 1.95 bits per heavy atom. The van der Waals surface area contributed by atoms with Crippen molar-refractivity contribution in [2.45, 2.75) is 39.7 Å². The molecule has 2 aromatic carbocycles. The molecule has 1 amide bonds. The zero-order valence-corrected chi connectivity index (χ0v) is 22.0. The van der Waals surface area contributed by atoms with Gasteiger partial charge in [0.2, 0.25) is 5.95 Å². The molecule has 4 rings (SSSR count). The average molecular weight is 513 g/mol. The van der Waals surface area contributed by atoms with Gasteiger partial charge in [0, 0.05) is 29.2 Å². The summed E-state index contributed by atoms with van der Waals surface area (Å²) in [5.41, 5.74) is 17.7. The Bertz CT molecular complexity index is 1460. The maximum Gasteiger partial charge on any atom is 0.267 e. The fourth-order valence-corrected chi connectivity index (χ4v) is 4.47. The molecule has 0 spiro atoms. The molecule has 9 heteroatoms. The van der Waals surface area contributed by atoms with E-state index in [4.69, 9.17) is 16.2 Å². The number of aromatic hydroxyl groups is 1. The predicted octanol–water partition coefficient (Wildman–Crippen LogP) is 4.41. The van der Waals surface area contributed by atoms with Crippen LogP contribution in [-0.4, -0.2) is 39.3 Å². The van der Waals surface area contributed by atoms with Gasteiger partial charge < -0.3 is 21.3 Å². The number of amides is 1. The highest BCUT2D eigenvalue weighted by Gasteiger charge is 2.26. The molecule has 1 unspecified atom stereocenters. The van der Waals surface area contributed by atoms with Crippen LogP contribution in [0, 0.1) is 0 Å². The molecule has 9 nitrogen and oxygen atoms in total. The van der Waals surface area contributed by atoms with E-state index in [2.05, 4.69) is 15.1 Å². The number of carbonyl (C=O) groups excluding carboxylic acids is 1. The number of nitrogens with two attached hydrogens (primary N) is 2. The summed E-state index contributed by atoms with van der Waals surface area (Å²) in [6, 6.07) is 11.0. The summed E-state index contributed by atoms with van der Waals surface area (Å²) in [7, 11) is 1.47. The Kier molecular flexibility index (Phi) is 7.76. The van der Waals surface area contributed by atoms with E-state index in [-0.39, 0.29) is 29.4 Å². The molecule has 0 fully saturated rings. The number of phenolic OH excluding ortho intramolecular Hbond substituents is 1. The first-order valence-electron chi connectivity index (χ1n) is 12.3. The number of hydrogen-bond acceptors (Lipinski definition) is 8. The lowest BCUT2D eigenvalue weighted by Crippen LogP contribution is -2.31. The van der Waals surface area contributed by atoms with Crippen LogP contribution in [0.2, 0.25) is 0 Å².